The highest BCUT2D eigenvalue weighted by Gasteiger charge is 2.04. The second-order valence-corrected chi connectivity index (χ2v) is 3.25. The van der Waals surface area contributed by atoms with Crippen LogP contribution in [0.25, 0.3) is 0 Å². The number of nitrogens with zero attached hydrogens (tertiary/aromatic N) is 1. The molecule has 0 unspecified atom stereocenters. The number of carbonyl (C=O) groups is 1. The Morgan fingerprint density at radius 2 is 2.17 bits per heavy atom. The van der Waals surface area contributed by atoms with Gasteiger partial charge >= 0.3 is 0 Å². The summed E-state index contributed by atoms with van der Waals surface area (Å²) in [6, 6.07) is 3.51. The van der Waals surface area contributed by atoms with Gasteiger partial charge in [-0.3, -0.25) is 4.79 Å². The average Bonchev–Trinajstić information content (AvgIpc) is 2.04. The summed E-state index contributed by atoms with van der Waals surface area (Å²) in [4.78, 5) is 14.5. The summed E-state index contributed by atoms with van der Waals surface area (Å²) in [5.41, 5.74) is 1.35. The molecule has 3 heteroatoms. The molecular weight excluding hydrogens is 174 g/mol. The molecule has 0 radical (unpaired) electrons. The standard InChI is InChI=1S/C9H10ClNO/c1-6(2)8-4-3-7(5-12)9(10)11-8/h3-6H,1-2H3. The van der Waals surface area contributed by atoms with Crippen molar-refractivity contribution in [1.29, 1.82) is 0 Å². The lowest BCUT2D eigenvalue weighted by Gasteiger charge is -2.04. The molecule has 0 amide bonds. The third-order valence-electron chi connectivity index (χ3n) is 1.62. The predicted octanol–water partition coefficient (Wildman–Crippen LogP) is 2.67. The van der Waals surface area contributed by atoms with Crippen molar-refractivity contribution < 1.29 is 4.79 Å². The second kappa shape index (κ2) is 3.68. The Morgan fingerprint density at radius 3 is 2.58 bits per heavy atom. The summed E-state index contributed by atoms with van der Waals surface area (Å²) in [5, 5.41) is 0.288. The molecule has 0 bridgehead atoms. The topological polar surface area (TPSA) is 30.0 Å². The number of carbonyl (C=O) groups excluding carboxylic acids is 1. The summed E-state index contributed by atoms with van der Waals surface area (Å²) in [5.74, 6) is 0.336. The van der Waals surface area contributed by atoms with Crippen molar-refractivity contribution in [2.75, 3.05) is 0 Å². The van der Waals surface area contributed by atoms with Gasteiger partial charge in [0.1, 0.15) is 5.15 Å². The van der Waals surface area contributed by atoms with E-state index in [1.54, 1.807) is 6.07 Å². The van der Waals surface area contributed by atoms with Crippen LogP contribution in [-0.2, 0) is 0 Å². The van der Waals surface area contributed by atoms with E-state index in [2.05, 4.69) is 4.98 Å². The van der Waals surface area contributed by atoms with Crippen LogP contribution in [0.5, 0.6) is 0 Å². The Hall–Kier alpha value is -0.890. The Bertz CT molecular complexity index is 297. The van der Waals surface area contributed by atoms with Crippen LogP contribution in [0.15, 0.2) is 12.1 Å². The molecular formula is C9H10ClNO. The molecule has 0 N–H and O–H groups in total. The molecule has 64 valence electrons. The van der Waals surface area contributed by atoms with Crippen LogP contribution in [0.2, 0.25) is 5.15 Å². The minimum atomic E-state index is 0.288. The lowest BCUT2D eigenvalue weighted by molar-refractivity contribution is 0.112. The Balaban J connectivity index is 3.10. The normalized spacial score (nSPS) is 10.3. The molecule has 0 saturated heterocycles. The molecule has 2 nitrogen and oxygen atoms in total. The lowest BCUT2D eigenvalue weighted by Crippen LogP contribution is -1.95. The van der Waals surface area contributed by atoms with Gasteiger partial charge in [0.05, 0.1) is 5.56 Å². The van der Waals surface area contributed by atoms with E-state index in [0.29, 0.717) is 17.8 Å². The Morgan fingerprint density at radius 1 is 1.50 bits per heavy atom. The van der Waals surface area contributed by atoms with Crippen molar-refractivity contribution in [2.24, 2.45) is 0 Å². The zero-order valence-electron chi connectivity index (χ0n) is 7.04. The van der Waals surface area contributed by atoms with Crippen LogP contribution >= 0.6 is 11.6 Å². The van der Waals surface area contributed by atoms with Gasteiger partial charge in [-0.25, -0.2) is 4.98 Å². The molecule has 0 aliphatic heterocycles. The monoisotopic (exact) mass is 183 g/mol. The highest BCUT2D eigenvalue weighted by Crippen LogP contribution is 2.17. The van der Waals surface area contributed by atoms with Crippen LogP contribution in [0, 0.1) is 0 Å². The lowest BCUT2D eigenvalue weighted by atomic mass is 10.1. The smallest absolute Gasteiger partial charge is 0.153 e. The molecule has 0 spiro atoms. The second-order valence-electron chi connectivity index (χ2n) is 2.89. The first-order valence-corrected chi connectivity index (χ1v) is 4.14. The minimum absolute atomic E-state index is 0.288. The summed E-state index contributed by atoms with van der Waals surface area (Å²) < 4.78 is 0. The molecule has 1 aromatic rings. The first-order chi connectivity index (χ1) is 5.65. The van der Waals surface area contributed by atoms with E-state index in [4.69, 9.17) is 11.6 Å². The molecule has 0 fully saturated rings. The molecule has 0 aromatic carbocycles. The zero-order chi connectivity index (χ0) is 9.14. The highest BCUT2D eigenvalue weighted by molar-refractivity contribution is 6.31. The molecule has 0 aliphatic rings. The maximum Gasteiger partial charge on any atom is 0.153 e. The summed E-state index contributed by atoms with van der Waals surface area (Å²) in [6.45, 7) is 4.05. The van der Waals surface area contributed by atoms with Gasteiger partial charge in [0.25, 0.3) is 0 Å². The fourth-order valence-electron chi connectivity index (χ4n) is 0.869. The predicted molar refractivity (Wildman–Crippen MR) is 48.7 cm³/mol. The summed E-state index contributed by atoms with van der Waals surface area (Å²) >= 11 is 5.73. The van der Waals surface area contributed by atoms with Gasteiger partial charge in [0.15, 0.2) is 6.29 Å². The van der Waals surface area contributed by atoms with Crippen molar-refractivity contribution >= 4 is 17.9 Å². The van der Waals surface area contributed by atoms with E-state index in [9.17, 15) is 4.79 Å². The van der Waals surface area contributed by atoms with Gasteiger partial charge in [0.2, 0.25) is 0 Å². The molecule has 12 heavy (non-hydrogen) atoms. The summed E-state index contributed by atoms with van der Waals surface area (Å²) in [6.07, 6.45) is 0.708. The number of rotatable bonds is 2. The van der Waals surface area contributed by atoms with E-state index in [0.717, 1.165) is 5.69 Å². The number of pyridine rings is 1. The van der Waals surface area contributed by atoms with Gasteiger partial charge in [0, 0.05) is 5.69 Å². The van der Waals surface area contributed by atoms with Crippen LogP contribution in [0.3, 0.4) is 0 Å². The Kier molecular flexibility index (Phi) is 2.82. The van der Waals surface area contributed by atoms with Gasteiger partial charge < -0.3 is 0 Å². The van der Waals surface area contributed by atoms with Crippen molar-refractivity contribution in [3.8, 4) is 0 Å². The maximum atomic E-state index is 10.4. The van der Waals surface area contributed by atoms with E-state index in [1.807, 2.05) is 19.9 Å². The Labute approximate surface area is 76.6 Å². The van der Waals surface area contributed by atoms with Crippen LogP contribution in [-0.4, -0.2) is 11.3 Å². The molecule has 1 rings (SSSR count). The van der Waals surface area contributed by atoms with Crippen molar-refractivity contribution in [2.45, 2.75) is 19.8 Å². The van der Waals surface area contributed by atoms with E-state index >= 15 is 0 Å². The number of halogens is 1. The van der Waals surface area contributed by atoms with Crippen molar-refractivity contribution in [1.82, 2.24) is 4.98 Å². The van der Waals surface area contributed by atoms with Gasteiger partial charge in [-0.05, 0) is 18.1 Å². The third kappa shape index (κ3) is 1.83. The number of aromatic nitrogens is 1. The highest BCUT2D eigenvalue weighted by atomic mass is 35.5. The average molecular weight is 184 g/mol. The zero-order valence-corrected chi connectivity index (χ0v) is 7.80. The number of hydrogen-bond donors (Lipinski definition) is 0. The first kappa shape index (κ1) is 9.20. The van der Waals surface area contributed by atoms with Crippen LogP contribution < -0.4 is 0 Å². The largest absolute Gasteiger partial charge is 0.298 e. The molecule has 0 atom stereocenters. The van der Waals surface area contributed by atoms with Crippen molar-refractivity contribution in [3.05, 3.63) is 28.5 Å². The van der Waals surface area contributed by atoms with E-state index in [-0.39, 0.29) is 5.15 Å². The van der Waals surface area contributed by atoms with Crippen LogP contribution in [0.1, 0.15) is 35.8 Å². The SMILES string of the molecule is CC(C)c1ccc(C=O)c(Cl)n1. The van der Waals surface area contributed by atoms with Crippen LogP contribution in [0.4, 0.5) is 0 Å². The molecule has 0 saturated carbocycles. The summed E-state index contributed by atoms with van der Waals surface area (Å²) in [7, 11) is 0. The van der Waals surface area contributed by atoms with Crippen molar-refractivity contribution in [3.63, 3.8) is 0 Å². The van der Waals surface area contributed by atoms with E-state index < -0.39 is 0 Å². The minimum Gasteiger partial charge on any atom is -0.298 e. The fraction of sp³-hybridized carbons (Fsp3) is 0.333. The molecule has 0 aliphatic carbocycles. The molecule has 1 aromatic heterocycles. The molecule has 1 heterocycles. The maximum absolute atomic E-state index is 10.4. The first-order valence-electron chi connectivity index (χ1n) is 3.76. The third-order valence-corrected chi connectivity index (χ3v) is 1.92. The fourth-order valence-corrected chi connectivity index (χ4v) is 1.07. The number of hydrogen-bond acceptors (Lipinski definition) is 2. The number of aldehydes is 1. The van der Waals surface area contributed by atoms with Gasteiger partial charge in [-0.2, -0.15) is 0 Å². The van der Waals surface area contributed by atoms with Gasteiger partial charge in [-0.15, -0.1) is 0 Å². The van der Waals surface area contributed by atoms with E-state index in [1.165, 1.54) is 0 Å². The quantitative estimate of drug-likeness (QED) is 0.521. The van der Waals surface area contributed by atoms with Gasteiger partial charge in [-0.1, -0.05) is 25.4 Å².